The molecule has 2 heterocycles. The van der Waals surface area contributed by atoms with Crippen LogP contribution in [0.1, 0.15) is 18.2 Å². The molecule has 3 aromatic rings. The van der Waals surface area contributed by atoms with Crippen LogP contribution in [0.25, 0.3) is 11.0 Å². The van der Waals surface area contributed by atoms with Gasteiger partial charge in [0.25, 0.3) is 5.91 Å². The van der Waals surface area contributed by atoms with E-state index in [9.17, 15) is 9.59 Å². The number of amides is 1. The number of hydrogen-bond donors (Lipinski definition) is 1. The van der Waals surface area contributed by atoms with Crippen LogP contribution in [-0.4, -0.2) is 22.3 Å². The number of nitrogens with zero attached hydrogens (tertiary/aromatic N) is 2. The molecule has 0 spiro atoms. The second-order valence-electron chi connectivity index (χ2n) is 5.73. The van der Waals surface area contributed by atoms with E-state index in [1.54, 1.807) is 29.9 Å². The van der Waals surface area contributed by atoms with E-state index in [1.165, 1.54) is 6.07 Å². The largest absolute Gasteiger partial charge is 0.484 e. The molecule has 0 aliphatic heterocycles. The summed E-state index contributed by atoms with van der Waals surface area (Å²) >= 11 is 0. The van der Waals surface area contributed by atoms with Gasteiger partial charge >= 0.3 is 5.63 Å². The molecule has 0 aliphatic carbocycles. The van der Waals surface area contributed by atoms with Crippen LogP contribution < -0.4 is 15.7 Å². The summed E-state index contributed by atoms with van der Waals surface area (Å²) in [4.78, 5) is 23.6. The standard InChI is InChI=1S/C18H19N3O4/c1-4-12-8-18(23)25-15-9-13(5-6-14(12)15)24-10-17(22)19-16-7-11(2)20-21(16)3/h5-9H,4,10H2,1-3H3,(H,19,22). The monoisotopic (exact) mass is 341 g/mol. The highest BCUT2D eigenvalue weighted by molar-refractivity contribution is 5.91. The number of fused-ring (bicyclic) bond motifs is 1. The van der Waals surface area contributed by atoms with Crippen molar-refractivity contribution in [3.63, 3.8) is 0 Å². The lowest BCUT2D eigenvalue weighted by molar-refractivity contribution is -0.118. The number of hydrogen-bond acceptors (Lipinski definition) is 5. The smallest absolute Gasteiger partial charge is 0.336 e. The third-order valence-corrected chi connectivity index (χ3v) is 3.82. The number of aryl methyl sites for hydroxylation is 3. The molecule has 7 heteroatoms. The van der Waals surface area contributed by atoms with Crippen LogP contribution in [0.3, 0.4) is 0 Å². The SMILES string of the molecule is CCc1cc(=O)oc2cc(OCC(=O)Nc3cc(C)nn3C)ccc12. The quantitative estimate of drug-likeness (QED) is 0.720. The lowest BCUT2D eigenvalue weighted by Crippen LogP contribution is -2.21. The van der Waals surface area contributed by atoms with E-state index in [2.05, 4.69) is 10.4 Å². The summed E-state index contributed by atoms with van der Waals surface area (Å²) in [5.74, 6) is 0.760. The highest BCUT2D eigenvalue weighted by Gasteiger charge is 2.10. The zero-order valence-electron chi connectivity index (χ0n) is 14.3. The van der Waals surface area contributed by atoms with Gasteiger partial charge in [-0.15, -0.1) is 0 Å². The third kappa shape index (κ3) is 3.71. The Morgan fingerprint density at radius 2 is 2.12 bits per heavy atom. The minimum Gasteiger partial charge on any atom is -0.484 e. The number of ether oxygens (including phenoxy) is 1. The number of carbonyl (C=O) groups is 1. The van der Waals surface area contributed by atoms with Gasteiger partial charge in [-0.2, -0.15) is 5.10 Å². The van der Waals surface area contributed by atoms with Gasteiger partial charge in [-0.05, 0) is 31.0 Å². The molecule has 1 aromatic carbocycles. The van der Waals surface area contributed by atoms with E-state index in [-0.39, 0.29) is 12.5 Å². The van der Waals surface area contributed by atoms with Crippen molar-refractivity contribution in [1.29, 1.82) is 0 Å². The maximum Gasteiger partial charge on any atom is 0.336 e. The predicted molar refractivity (Wildman–Crippen MR) is 93.9 cm³/mol. The van der Waals surface area contributed by atoms with E-state index < -0.39 is 5.63 Å². The van der Waals surface area contributed by atoms with Gasteiger partial charge in [0, 0.05) is 30.6 Å². The van der Waals surface area contributed by atoms with E-state index in [1.807, 2.05) is 19.9 Å². The molecule has 0 radical (unpaired) electrons. The van der Waals surface area contributed by atoms with E-state index in [4.69, 9.17) is 9.15 Å². The first-order chi connectivity index (χ1) is 12.0. The number of carbonyl (C=O) groups excluding carboxylic acids is 1. The first-order valence-corrected chi connectivity index (χ1v) is 7.96. The Hall–Kier alpha value is -3.09. The molecular weight excluding hydrogens is 322 g/mol. The van der Waals surface area contributed by atoms with Crippen LogP contribution in [-0.2, 0) is 18.3 Å². The molecular formula is C18H19N3O4. The van der Waals surface area contributed by atoms with Gasteiger partial charge < -0.3 is 14.5 Å². The second kappa shape index (κ2) is 6.80. The Morgan fingerprint density at radius 1 is 1.32 bits per heavy atom. The molecule has 0 aliphatic rings. The van der Waals surface area contributed by atoms with E-state index >= 15 is 0 Å². The molecule has 0 unspecified atom stereocenters. The average Bonchev–Trinajstić information content (AvgIpc) is 2.89. The summed E-state index contributed by atoms with van der Waals surface area (Å²) in [6.07, 6.45) is 0.731. The van der Waals surface area contributed by atoms with Gasteiger partial charge in [-0.25, -0.2) is 4.79 Å². The Morgan fingerprint density at radius 3 is 2.80 bits per heavy atom. The maximum absolute atomic E-state index is 12.0. The molecule has 25 heavy (non-hydrogen) atoms. The van der Waals surface area contributed by atoms with Gasteiger partial charge in [0.2, 0.25) is 0 Å². The second-order valence-corrected chi connectivity index (χ2v) is 5.73. The van der Waals surface area contributed by atoms with Crippen molar-refractivity contribution < 1.29 is 13.9 Å². The summed E-state index contributed by atoms with van der Waals surface area (Å²) in [6.45, 7) is 3.66. The van der Waals surface area contributed by atoms with Crippen molar-refractivity contribution in [3.8, 4) is 5.75 Å². The minimum absolute atomic E-state index is 0.159. The molecule has 1 N–H and O–H groups in total. The van der Waals surface area contributed by atoms with Crippen LogP contribution in [0.4, 0.5) is 5.82 Å². The summed E-state index contributed by atoms with van der Waals surface area (Å²) in [6, 6.07) is 8.47. The lowest BCUT2D eigenvalue weighted by atomic mass is 10.1. The summed E-state index contributed by atoms with van der Waals surface area (Å²) < 4.78 is 12.3. The van der Waals surface area contributed by atoms with Gasteiger partial charge in [0.15, 0.2) is 6.61 Å². The van der Waals surface area contributed by atoms with Crippen LogP contribution in [0, 0.1) is 6.92 Å². The van der Waals surface area contributed by atoms with Gasteiger partial charge in [-0.1, -0.05) is 6.92 Å². The minimum atomic E-state index is -0.397. The molecule has 130 valence electrons. The first kappa shape index (κ1) is 16.8. The van der Waals surface area contributed by atoms with Crippen molar-refractivity contribution in [1.82, 2.24) is 9.78 Å². The predicted octanol–water partition coefficient (Wildman–Crippen LogP) is 2.41. The van der Waals surface area contributed by atoms with Crippen LogP contribution in [0.2, 0.25) is 0 Å². The van der Waals surface area contributed by atoms with Crippen molar-refractivity contribution in [2.75, 3.05) is 11.9 Å². The van der Waals surface area contributed by atoms with Crippen LogP contribution in [0.5, 0.6) is 5.75 Å². The van der Waals surface area contributed by atoms with Crippen LogP contribution in [0.15, 0.2) is 39.5 Å². The Bertz CT molecular complexity index is 988. The number of aromatic nitrogens is 2. The number of anilines is 1. The number of rotatable bonds is 5. The summed E-state index contributed by atoms with van der Waals surface area (Å²) in [5.41, 5.74) is 1.78. The normalized spacial score (nSPS) is 10.8. The molecule has 0 saturated carbocycles. The summed E-state index contributed by atoms with van der Waals surface area (Å²) in [7, 11) is 1.75. The molecule has 3 rings (SSSR count). The van der Waals surface area contributed by atoms with Crippen molar-refractivity contribution in [2.24, 2.45) is 7.05 Å². The molecule has 0 fully saturated rings. The molecule has 0 saturated heterocycles. The third-order valence-electron chi connectivity index (χ3n) is 3.82. The lowest BCUT2D eigenvalue weighted by Gasteiger charge is -2.09. The van der Waals surface area contributed by atoms with Crippen LogP contribution >= 0.6 is 0 Å². The molecule has 0 bridgehead atoms. The fourth-order valence-corrected chi connectivity index (χ4v) is 2.65. The van der Waals surface area contributed by atoms with Crippen molar-refractivity contribution in [3.05, 3.63) is 52.0 Å². The fourth-order valence-electron chi connectivity index (χ4n) is 2.65. The van der Waals surface area contributed by atoms with Crippen molar-refractivity contribution >= 4 is 22.7 Å². The molecule has 7 nitrogen and oxygen atoms in total. The topological polar surface area (TPSA) is 86.4 Å². The zero-order chi connectivity index (χ0) is 18.0. The number of benzene rings is 1. The molecule has 1 amide bonds. The van der Waals surface area contributed by atoms with Crippen molar-refractivity contribution in [2.45, 2.75) is 20.3 Å². The van der Waals surface area contributed by atoms with E-state index in [0.717, 1.165) is 23.1 Å². The Labute approximate surface area is 144 Å². The molecule has 2 aromatic heterocycles. The Balaban J connectivity index is 1.71. The first-order valence-electron chi connectivity index (χ1n) is 7.96. The average molecular weight is 341 g/mol. The Kier molecular flexibility index (Phi) is 4.56. The zero-order valence-corrected chi connectivity index (χ0v) is 14.3. The maximum atomic E-state index is 12.0. The summed E-state index contributed by atoms with van der Waals surface area (Å²) in [5, 5.41) is 7.75. The van der Waals surface area contributed by atoms with Gasteiger partial charge in [0.05, 0.1) is 5.69 Å². The molecule has 0 atom stereocenters. The van der Waals surface area contributed by atoms with Gasteiger partial charge in [-0.3, -0.25) is 9.48 Å². The number of nitrogens with one attached hydrogen (secondary N) is 1. The highest BCUT2D eigenvalue weighted by Crippen LogP contribution is 2.23. The fraction of sp³-hybridized carbons (Fsp3) is 0.278. The highest BCUT2D eigenvalue weighted by atomic mass is 16.5. The van der Waals surface area contributed by atoms with Gasteiger partial charge in [0.1, 0.15) is 17.2 Å². The van der Waals surface area contributed by atoms with E-state index in [0.29, 0.717) is 17.2 Å².